The topological polar surface area (TPSA) is 78.9 Å². The maximum absolute atomic E-state index is 12.9. The predicted molar refractivity (Wildman–Crippen MR) is 363 cm³/mol. The van der Waals surface area contributed by atoms with Gasteiger partial charge in [0, 0.05) is 19.3 Å². The van der Waals surface area contributed by atoms with Crippen molar-refractivity contribution in [3.63, 3.8) is 0 Å². The summed E-state index contributed by atoms with van der Waals surface area (Å²) in [6, 6.07) is 0. The van der Waals surface area contributed by atoms with Gasteiger partial charge in [0.05, 0.1) is 0 Å². The van der Waals surface area contributed by atoms with Crippen molar-refractivity contribution in [2.75, 3.05) is 13.2 Å². The van der Waals surface area contributed by atoms with E-state index >= 15 is 0 Å². The van der Waals surface area contributed by atoms with Crippen LogP contribution < -0.4 is 0 Å². The highest BCUT2D eigenvalue weighted by molar-refractivity contribution is 5.71. The van der Waals surface area contributed by atoms with Crippen LogP contribution in [0, 0.1) is 0 Å². The summed E-state index contributed by atoms with van der Waals surface area (Å²) in [5.74, 6) is -0.830. The highest BCUT2D eigenvalue weighted by Crippen LogP contribution is 2.20. The normalized spacial score (nSPS) is 11.9. The lowest BCUT2D eigenvalue weighted by molar-refractivity contribution is -0.167. The van der Waals surface area contributed by atoms with Gasteiger partial charge in [-0.25, -0.2) is 0 Å². The molecule has 0 saturated carbocycles. The van der Waals surface area contributed by atoms with E-state index in [0.717, 1.165) is 57.8 Å². The van der Waals surface area contributed by atoms with Crippen molar-refractivity contribution in [3.05, 3.63) is 0 Å². The zero-order valence-electron chi connectivity index (χ0n) is 57.0. The molecule has 0 aliphatic carbocycles. The molecule has 0 aliphatic rings. The first-order chi connectivity index (χ1) is 41.0. The number of unbranched alkanes of at least 4 members (excludes halogenated alkanes) is 62. The molecule has 0 aromatic heterocycles. The largest absolute Gasteiger partial charge is 0.462 e. The Balaban J connectivity index is 3.92. The van der Waals surface area contributed by atoms with Crippen molar-refractivity contribution in [2.45, 2.75) is 463 Å². The van der Waals surface area contributed by atoms with Crippen LogP contribution in [-0.4, -0.2) is 37.2 Å². The van der Waals surface area contributed by atoms with Crippen LogP contribution in [0.1, 0.15) is 457 Å². The van der Waals surface area contributed by atoms with Gasteiger partial charge >= 0.3 is 17.9 Å². The first kappa shape index (κ1) is 81.4. The molecule has 6 nitrogen and oxygen atoms in total. The Morgan fingerprint density at radius 3 is 0.482 bits per heavy atom. The summed E-state index contributed by atoms with van der Waals surface area (Å²) >= 11 is 0. The van der Waals surface area contributed by atoms with Gasteiger partial charge in [-0.2, -0.15) is 0 Å². The molecule has 0 aromatic carbocycles. The summed E-state index contributed by atoms with van der Waals surface area (Å²) < 4.78 is 16.9. The SMILES string of the molecule is CCCCCCCCCCCCCCCCCCCCCCCCCCCCCCCCCCCC(=O)OCC(COC(=O)CCCCCCCCC)OC(=O)CCCCCCCCCCCCCCCCCCCCCCCCCCC. The number of hydrogen-bond acceptors (Lipinski definition) is 6. The van der Waals surface area contributed by atoms with E-state index in [1.54, 1.807) is 0 Å². The van der Waals surface area contributed by atoms with Gasteiger partial charge in [-0.15, -0.1) is 0 Å². The molecular weight excluding hydrogens is 1020 g/mol. The van der Waals surface area contributed by atoms with Crippen molar-refractivity contribution < 1.29 is 28.6 Å². The van der Waals surface area contributed by atoms with Crippen LogP contribution in [0.2, 0.25) is 0 Å². The van der Waals surface area contributed by atoms with Crippen LogP contribution in [-0.2, 0) is 28.6 Å². The summed E-state index contributed by atoms with van der Waals surface area (Å²) in [5, 5.41) is 0. The highest BCUT2D eigenvalue weighted by atomic mass is 16.6. The zero-order valence-corrected chi connectivity index (χ0v) is 57.0. The number of ether oxygens (including phenoxy) is 3. The Morgan fingerprint density at radius 2 is 0.325 bits per heavy atom. The molecule has 0 bridgehead atoms. The number of carbonyl (C=O) groups excluding carboxylic acids is 3. The van der Waals surface area contributed by atoms with Crippen LogP contribution in [0.15, 0.2) is 0 Å². The Bertz CT molecular complexity index is 1250. The Hall–Kier alpha value is -1.59. The smallest absolute Gasteiger partial charge is 0.306 e. The third-order valence-corrected chi connectivity index (χ3v) is 18.1. The maximum Gasteiger partial charge on any atom is 0.306 e. The average Bonchev–Trinajstić information content (AvgIpc) is 3.50. The quantitative estimate of drug-likeness (QED) is 0.0343. The first-order valence-corrected chi connectivity index (χ1v) is 38.5. The second-order valence-electron chi connectivity index (χ2n) is 26.6. The van der Waals surface area contributed by atoms with Crippen molar-refractivity contribution in [1.82, 2.24) is 0 Å². The van der Waals surface area contributed by atoms with E-state index in [0.29, 0.717) is 19.3 Å². The standard InChI is InChI=1S/C77H150O6/c1-4-7-10-13-16-18-20-22-24-26-28-30-32-34-35-36-37-38-39-40-41-43-44-46-48-50-52-54-56-58-61-64-67-70-76(79)82-73-74(72-81-75(78)69-66-63-60-15-12-9-6-3)83-77(80)71-68-65-62-59-57-55-53-51-49-47-45-42-33-31-29-27-25-23-21-19-17-14-11-8-5-2/h74H,4-73H2,1-3H3. The molecule has 6 heteroatoms. The van der Waals surface area contributed by atoms with Crippen LogP contribution in [0.25, 0.3) is 0 Å². The average molecular weight is 1170 g/mol. The van der Waals surface area contributed by atoms with Gasteiger partial charge in [0.15, 0.2) is 6.10 Å². The molecule has 83 heavy (non-hydrogen) atoms. The van der Waals surface area contributed by atoms with Gasteiger partial charge in [-0.05, 0) is 19.3 Å². The molecule has 1 atom stereocenters. The molecule has 0 spiro atoms. The van der Waals surface area contributed by atoms with E-state index in [2.05, 4.69) is 20.8 Å². The lowest BCUT2D eigenvalue weighted by Gasteiger charge is -2.18. The summed E-state index contributed by atoms with van der Waals surface area (Å²) in [6.07, 6.45) is 87.8. The number of hydrogen-bond donors (Lipinski definition) is 0. The van der Waals surface area contributed by atoms with E-state index in [1.165, 1.54) is 360 Å². The molecule has 0 saturated heterocycles. The third-order valence-electron chi connectivity index (χ3n) is 18.1. The lowest BCUT2D eigenvalue weighted by atomic mass is 10.0. The van der Waals surface area contributed by atoms with E-state index in [-0.39, 0.29) is 31.1 Å². The Labute approximate surface area is 520 Å². The zero-order chi connectivity index (χ0) is 59.9. The minimum atomic E-state index is -0.762. The monoisotopic (exact) mass is 1170 g/mol. The molecule has 0 amide bonds. The minimum absolute atomic E-state index is 0.0611. The molecular formula is C77H150O6. The van der Waals surface area contributed by atoms with E-state index < -0.39 is 6.10 Å². The van der Waals surface area contributed by atoms with Crippen molar-refractivity contribution in [1.29, 1.82) is 0 Å². The van der Waals surface area contributed by atoms with Crippen LogP contribution in [0.5, 0.6) is 0 Å². The van der Waals surface area contributed by atoms with Crippen molar-refractivity contribution in [3.8, 4) is 0 Å². The molecule has 0 radical (unpaired) electrons. The fourth-order valence-electron chi connectivity index (χ4n) is 12.3. The lowest BCUT2D eigenvalue weighted by Crippen LogP contribution is -2.30. The molecule has 494 valence electrons. The second kappa shape index (κ2) is 72.9. The maximum atomic E-state index is 12.9. The molecule has 1 unspecified atom stereocenters. The first-order valence-electron chi connectivity index (χ1n) is 38.5. The van der Waals surface area contributed by atoms with Crippen LogP contribution in [0.4, 0.5) is 0 Å². The number of carbonyl (C=O) groups is 3. The fraction of sp³-hybridized carbons (Fsp3) is 0.961. The van der Waals surface area contributed by atoms with Gasteiger partial charge in [0.2, 0.25) is 0 Å². The molecule has 0 N–H and O–H groups in total. The Morgan fingerprint density at radius 1 is 0.193 bits per heavy atom. The molecule has 0 fully saturated rings. The van der Waals surface area contributed by atoms with Crippen molar-refractivity contribution >= 4 is 17.9 Å². The molecule has 0 rings (SSSR count). The summed E-state index contributed by atoms with van der Waals surface area (Å²) in [4.78, 5) is 38.2. The Kier molecular flexibility index (Phi) is 71.5. The molecule has 0 heterocycles. The van der Waals surface area contributed by atoms with Gasteiger partial charge in [-0.1, -0.05) is 419 Å². The molecule has 0 aliphatic heterocycles. The van der Waals surface area contributed by atoms with Crippen LogP contribution in [0.3, 0.4) is 0 Å². The van der Waals surface area contributed by atoms with E-state index in [9.17, 15) is 14.4 Å². The van der Waals surface area contributed by atoms with Gasteiger partial charge in [0.1, 0.15) is 13.2 Å². The highest BCUT2D eigenvalue weighted by Gasteiger charge is 2.20. The van der Waals surface area contributed by atoms with E-state index in [1.807, 2.05) is 0 Å². The molecule has 0 aromatic rings. The van der Waals surface area contributed by atoms with Crippen molar-refractivity contribution in [2.24, 2.45) is 0 Å². The number of esters is 3. The van der Waals surface area contributed by atoms with Gasteiger partial charge < -0.3 is 14.2 Å². The third kappa shape index (κ3) is 71.1. The van der Waals surface area contributed by atoms with E-state index in [4.69, 9.17) is 14.2 Å². The predicted octanol–water partition coefficient (Wildman–Crippen LogP) is 26.6. The summed E-state index contributed by atoms with van der Waals surface area (Å²) in [6.45, 7) is 6.70. The van der Waals surface area contributed by atoms with Crippen LogP contribution >= 0.6 is 0 Å². The summed E-state index contributed by atoms with van der Waals surface area (Å²) in [5.41, 5.74) is 0. The fourth-order valence-corrected chi connectivity index (χ4v) is 12.3. The summed E-state index contributed by atoms with van der Waals surface area (Å²) in [7, 11) is 0. The van der Waals surface area contributed by atoms with Gasteiger partial charge in [-0.3, -0.25) is 14.4 Å². The second-order valence-corrected chi connectivity index (χ2v) is 26.6. The number of rotatable bonds is 73. The minimum Gasteiger partial charge on any atom is -0.462 e. The van der Waals surface area contributed by atoms with Gasteiger partial charge in [0.25, 0.3) is 0 Å².